The Morgan fingerprint density at radius 2 is 1.81 bits per heavy atom. The maximum Gasteiger partial charge on any atom is 0.118 e. The number of ether oxygens (including phenoxy) is 2. The molecular formula is C13H19NO2. The van der Waals surface area contributed by atoms with Gasteiger partial charge in [0.15, 0.2) is 0 Å². The van der Waals surface area contributed by atoms with Crippen LogP contribution in [0.5, 0.6) is 5.75 Å². The zero-order chi connectivity index (χ0) is 12.0. The van der Waals surface area contributed by atoms with Gasteiger partial charge in [-0.2, -0.15) is 0 Å². The van der Waals surface area contributed by atoms with E-state index in [1.807, 2.05) is 44.3 Å². The van der Waals surface area contributed by atoms with Gasteiger partial charge in [-0.3, -0.25) is 4.99 Å². The summed E-state index contributed by atoms with van der Waals surface area (Å²) < 4.78 is 10.2. The van der Waals surface area contributed by atoms with Crippen molar-refractivity contribution >= 4 is 6.21 Å². The Morgan fingerprint density at radius 3 is 2.31 bits per heavy atom. The van der Waals surface area contributed by atoms with Crippen LogP contribution in [0.4, 0.5) is 0 Å². The fraction of sp³-hybridized carbons (Fsp3) is 0.462. The number of hydrogen-bond donors (Lipinski definition) is 0. The first-order chi connectivity index (χ1) is 7.57. The molecule has 0 fully saturated rings. The van der Waals surface area contributed by atoms with Crippen molar-refractivity contribution in [1.82, 2.24) is 0 Å². The summed E-state index contributed by atoms with van der Waals surface area (Å²) >= 11 is 0. The number of methoxy groups -OCH3 is 2. The molecule has 88 valence electrons. The van der Waals surface area contributed by atoms with Gasteiger partial charge in [0.05, 0.1) is 19.3 Å². The van der Waals surface area contributed by atoms with Gasteiger partial charge in [-0.1, -0.05) is 0 Å². The van der Waals surface area contributed by atoms with Crippen molar-refractivity contribution in [3.63, 3.8) is 0 Å². The highest BCUT2D eigenvalue weighted by molar-refractivity contribution is 5.80. The van der Waals surface area contributed by atoms with Gasteiger partial charge >= 0.3 is 0 Å². The fourth-order valence-corrected chi connectivity index (χ4v) is 1.33. The molecule has 1 aromatic carbocycles. The van der Waals surface area contributed by atoms with Crippen molar-refractivity contribution in [2.24, 2.45) is 4.99 Å². The number of rotatable bonds is 5. The summed E-state index contributed by atoms with van der Waals surface area (Å²) in [6.45, 7) is 4.69. The van der Waals surface area contributed by atoms with Gasteiger partial charge in [0.1, 0.15) is 5.75 Å². The maximum atomic E-state index is 5.10. The molecule has 1 aromatic rings. The molecule has 16 heavy (non-hydrogen) atoms. The molecule has 0 saturated carbocycles. The van der Waals surface area contributed by atoms with Crippen molar-refractivity contribution < 1.29 is 9.47 Å². The first-order valence-electron chi connectivity index (χ1n) is 5.25. The Morgan fingerprint density at radius 1 is 1.19 bits per heavy atom. The van der Waals surface area contributed by atoms with Gasteiger partial charge in [0, 0.05) is 13.3 Å². The van der Waals surface area contributed by atoms with Crippen molar-refractivity contribution in [2.45, 2.75) is 19.4 Å². The van der Waals surface area contributed by atoms with E-state index in [4.69, 9.17) is 9.47 Å². The summed E-state index contributed by atoms with van der Waals surface area (Å²) in [6.07, 6.45) is 1.86. The monoisotopic (exact) mass is 221 g/mol. The third kappa shape index (κ3) is 4.03. The van der Waals surface area contributed by atoms with Crippen LogP contribution in [0.2, 0.25) is 0 Å². The minimum absolute atomic E-state index is 0.186. The van der Waals surface area contributed by atoms with Crippen LogP contribution in [0, 0.1) is 0 Å². The van der Waals surface area contributed by atoms with Crippen LogP contribution in [0.15, 0.2) is 29.3 Å². The normalized spacial score (nSPS) is 12.0. The molecule has 0 saturated heterocycles. The van der Waals surface area contributed by atoms with Gasteiger partial charge < -0.3 is 9.47 Å². The lowest BCUT2D eigenvalue weighted by Crippen LogP contribution is -2.23. The van der Waals surface area contributed by atoms with Crippen molar-refractivity contribution in [1.29, 1.82) is 0 Å². The van der Waals surface area contributed by atoms with Gasteiger partial charge in [-0.05, 0) is 43.7 Å². The highest BCUT2D eigenvalue weighted by atomic mass is 16.5. The Hall–Kier alpha value is -1.35. The second-order valence-electron chi connectivity index (χ2n) is 4.28. The van der Waals surface area contributed by atoms with Gasteiger partial charge in [-0.15, -0.1) is 0 Å². The molecule has 0 aliphatic heterocycles. The molecule has 0 aliphatic rings. The van der Waals surface area contributed by atoms with E-state index in [1.165, 1.54) is 0 Å². The van der Waals surface area contributed by atoms with E-state index in [-0.39, 0.29) is 5.54 Å². The standard InChI is InChI=1S/C13H19NO2/c1-13(2,10-15-3)14-9-11-5-7-12(16-4)8-6-11/h5-9H,10H2,1-4H3/b14-9+. The first kappa shape index (κ1) is 12.7. The molecule has 0 N–H and O–H groups in total. The molecule has 0 unspecified atom stereocenters. The second kappa shape index (κ2) is 5.66. The summed E-state index contributed by atoms with van der Waals surface area (Å²) in [5.74, 6) is 0.855. The number of benzene rings is 1. The van der Waals surface area contributed by atoms with E-state index in [0.717, 1.165) is 11.3 Å². The molecule has 0 radical (unpaired) electrons. The SMILES string of the molecule is COCC(C)(C)/N=C/c1ccc(OC)cc1. The van der Waals surface area contributed by atoms with E-state index in [0.29, 0.717) is 6.61 Å². The summed E-state index contributed by atoms with van der Waals surface area (Å²) in [4.78, 5) is 4.48. The first-order valence-corrected chi connectivity index (χ1v) is 5.25. The molecule has 0 amide bonds. The molecular weight excluding hydrogens is 202 g/mol. The fourth-order valence-electron chi connectivity index (χ4n) is 1.33. The molecule has 3 nitrogen and oxygen atoms in total. The van der Waals surface area contributed by atoms with E-state index in [9.17, 15) is 0 Å². The maximum absolute atomic E-state index is 5.10. The zero-order valence-electron chi connectivity index (χ0n) is 10.4. The lowest BCUT2D eigenvalue weighted by atomic mass is 10.1. The molecule has 0 atom stereocenters. The number of nitrogens with zero attached hydrogens (tertiary/aromatic N) is 1. The lowest BCUT2D eigenvalue weighted by molar-refractivity contribution is 0.151. The summed E-state index contributed by atoms with van der Waals surface area (Å²) in [6, 6.07) is 7.80. The Labute approximate surface area is 97.1 Å². The summed E-state index contributed by atoms with van der Waals surface area (Å²) in [5.41, 5.74) is 0.874. The largest absolute Gasteiger partial charge is 0.497 e. The van der Waals surface area contributed by atoms with Crippen LogP contribution in [-0.4, -0.2) is 32.6 Å². The van der Waals surface area contributed by atoms with Crippen LogP contribution in [0.1, 0.15) is 19.4 Å². The zero-order valence-corrected chi connectivity index (χ0v) is 10.4. The quantitative estimate of drug-likeness (QED) is 0.715. The van der Waals surface area contributed by atoms with E-state index < -0.39 is 0 Å². The average molecular weight is 221 g/mol. The van der Waals surface area contributed by atoms with Crippen LogP contribution in [0.3, 0.4) is 0 Å². The van der Waals surface area contributed by atoms with Crippen molar-refractivity contribution in [2.75, 3.05) is 20.8 Å². The Kier molecular flexibility index (Phi) is 4.50. The van der Waals surface area contributed by atoms with E-state index in [2.05, 4.69) is 4.99 Å². The third-order valence-electron chi connectivity index (χ3n) is 2.18. The minimum atomic E-state index is -0.186. The lowest BCUT2D eigenvalue weighted by Gasteiger charge is -2.17. The molecule has 1 rings (SSSR count). The Bertz CT molecular complexity index is 341. The molecule has 0 aliphatic carbocycles. The van der Waals surface area contributed by atoms with Crippen LogP contribution in [-0.2, 0) is 4.74 Å². The smallest absolute Gasteiger partial charge is 0.118 e. The molecule has 0 bridgehead atoms. The van der Waals surface area contributed by atoms with Crippen LogP contribution < -0.4 is 4.74 Å². The second-order valence-corrected chi connectivity index (χ2v) is 4.28. The van der Waals surface area contributed by atoms with Gasteiger partial charge in [0.25, 0.3) is 0 Å². The predicted octanol–water partition coefficient (Wildman–Crippen LogP) is 2.54. The Balaban J connectivity index is 2.68. The van der Waals surface area contributed by atoms with Crippen molar-refractivity contribution in [3.05, 3.63) is 29.8 Å². The van der Waals surface area contributed by atoms with Gasteiger partial charge in [-0.25, -0.2) is 0 Å². The molecule has 0 heterocycles. The van der Waals surface area contributed by atoms with E-state index >= 15 is 0 Å². The molecule has 3 heteroatoms. The predicted molar refractivity (Wildman–Crippen MR) is 66.5 cm³/mol. The topological polar surface area (TPSA) is 30.8 Å². The van der Waals surface area contributed by atoms with E-state index in [1.54, 1.807) is 14.2 Å². The van der Waals surface area contributed by atoms with Crippen LogP contribution >= 0.6 is 0 Å². The highest BCUT2D eigenvalue weighted by Crippen LogP contribution is 2.12. The highest BCUT2D eigenvalue weighted by Gasteiger charge is 2.13. The van der Waals surface area contributed by atoms with Crippen molar-refractivity contribution in [3.8, 4) is 5.75 Å². The van der Waals surface area contributed by atoms with Crippen LogP contribution in [0.25, 0.3) is 0 Å². The van der Waals surface area contributed by atoms with Gasteiger partial charge in [0.2, 0.25) is 0 Å². The average Bonchev–Trinajstić information content (AvgIpc) is 2.27. The summed E-state index contributed by atoms with van der Waals surface area (Å²) in [7, 11) is 3.34. The summed E-state index contributed by atoms with van der Waals surface area (Å²) in [5, 5.41) is 0. The molecule has 0 aromatic heterocycles. The number of hydrogen-bond acceptors (Lipinski definition) is 3. The third-order valence-corrected chi connectivity index (χ3v) is 2.18. The minimum Gasteiger partial charge on any atom is -0.497 e. The molecule has 0 spiro atoms. The number of aliphatic imine (C=N–C) groups is 1.